The standard InChI is InChI=1S/C72H52N4/c1-6-21-60(22-7-1)73(61-23-8-2-9-24-61)67-45-37-57-51-69(47-38-56(57)49-67)75(64-29-14-5-15-30-64)65-41-33-53(34-42-65)54-35-43-66(44-36-54)76(72-32-18-20-55-19-16-17-31-71(55)72)70-48-40-58-50-68(46-39-59(58)52-70)74(62-25-10-3-11-26-62)63-27-12-4-13-28-63/h1-52H. The Morgan fingerprint density at radius 1 is 0.158 bits per heavy atom. The van der Waals surface area contributed by atoms with Crippen molar-refractivity contribution in [3.8, 4) is 11.1 Å². The molecule has 13 aromatic rings. The van der Waals surface area contributed by atoms with Gasteiger partial charge in [-0.05, 0) is 178 Å². The first-order valence-corrected chi connectivity index (χ1v) is 25.9. The Hall–Kier alpha value is -10.2. The Morgan fingerprint density at radius 3 is 0.776 bits per heavy atom. The third kappa shape index (κ3) is 9.06. The zero-order chi connectivity index (χ0) is 50.6. The lowest BCUT2D eigenvalue weighted by molar-refractivity contribution is 1.28. The smallest absolute Gasteiger partial charge is 0.0540 e. The molecule has 0 spiro atoms. The SMILES string of the molecule is c1ccc(N(c2ccccc2)c2ccc3cc(N(c4ccccc4)c4ccc(-c5ccc(N(c6ccc7cc(N(c8ccccc8)c8ccccc8)ccc7c6)c6cccc7ccccc67)cc5)cc4)ccc3c2)cc1. The van der Waals surface area contributed by atoms with E-state index >= 15 is 0 Å². The van der Waals surface area contributed by atoms with E-state index in [2.05, 4.69) is 335 Å². The minimum Gasteiger partial charge on any atom is -0.310 e. The van der Waals surface area contributed by atoms with Crippen molar-refractivity contribution in [1.82, 2.24) is 0 Å². The van der Waals surface area contributed by atoms with Crippen LogP contribution in [0.3, 0.4) is 0 Å². The van der Waals surface area contributed by atoms with Gasteiger partial charge in [0.25, 0.3) is 0 Å². The lowest BCUT2D eigenvalue weighted by atomic mass is 10.0. The predicted molar refractivity (Wildman–Crippen MR) is 323 cm³/mol. The van der Waals surface area contributed by atoms with Crippen LogP contribution in [0.15, 0.2) is 315 Å². The summed E-state index contributed by atoms with van der Waals surface area (Å²) in [5.74, 6) is 0. The molecule has 0 saturated heterocycles. The fraction of sp³-hybridized carbons (Fsp3) is 0. The maximum atomic E-state index is 2.40. The van der Waals surface area contributed by atoms with E-state index < -0.39 is 0 Å². The van der Waals surface area contributed by atoms with Gasteiger partial charge >= 0.3 is 0 Å². The molecule has 0 atom stereocenters. The molecule has 13 rings (SSSR count). The second-order valence-corrected chi connectivity index (χ2v) is 19.0. The van der Waals surface area contributed by atoms with Crippen molar-refractivity contribution in [2.45, 2.75) is 0 Å². The first-order chi connectivity index (χ1) is 37.7. The van der Waals surface area contributed by atoms with Gasteiger partial charge in [0.05, 0.1) is 5.69 Å². The van der Waals surface area contributed by atoms with Gasteiger partial charge in [-0.3, -0.25) is 0 Å². The molecule has 360 valence electrons. The molecule has 0 saturated carbocycles. The van der Waals surface area contributed by atoms with E-state index in [-0.39, 0.29) is 0 Å². The summed E-state index contributed by atoms with van der Waals surface area (Å²) < 4.78 is 0. The largest absolute Gasteiger partial charge is 0.310 e. The van der Waals surface area contributed by atoms with Gasteiger partial charge in [-0.25, -0.2) is 0 Å². The van der Waals surface area contributed by atoms with E-state index in [1.807, 2.05) is 0 Å². The lowest BCUT2D eigenvalue weighted by Gasteiger charge is -2.28. The van der Waals surface area contributed by atoms with Gasteiger partial charge in [0.15, 0.2) is 0 Å². The number of fused-ring (bicyclic) bond motifs is 3. The van der Waals surface area contributed by atoms with Crippen molar-refractivity contribution in [2.75, 3.05) is 19.6 Å². The monoisotopic (exact) mass is 972 g/mol. The summed E-state index contributed by atoms with van der Waals surface area (Å²) in [4.78, 5) is 9.37. The average Bonchev–Trinajstić information content (AvgIpc) is 3.52. The van der Waals surface area contributed by atoms with Crippen LogP contribution in [0.1, 0.15) is 0 Å². The molecule has 76 heavy (non-hydrogen) atoms. The fourth-order valence-corrected chi connectivity index (χ4v) is 10.7. The second kappa shape index (κ2) is 20.4. The van der Waals surface area contributed by atoms with Gasteiger partial charge in [-0.15, -0.1) is 0 Å². The molecule has 0 amide bonds. The van der Waals surface area contributed by atoms with Gasteiger partial charge in [0.1, 0.15) is 0 Å². The maximum absolute atomic E-state index is 2.40. The van der Waals surface area contributed by atoms with Gasteiger partial charge in [-0.2, -0.15) is 0 Å². The summed E-state index contributed by atoms with van der Waals surface area (Å²) in [6, 6.07) is 113. The highest BCUT2D eigenvalue weighted by atomic mass is 15.2. The van der Waals surface area contributed by atoms with Gasteiger partial charge in [0, 0.05) is 67.9 Å². The Morgan fingerprint density at radius 2 is 0.421 bits per heavy atom. The Bertz CT molecular complexity index is 4010. The first-order valence-electron chi connectivity index (χ1n) is 25.9. The Labute approximate surface area is 444 Å². The first kappa shape index (κ1) is 45.7. The van der Waals surface area contributed by atoms with Gasteiger partial charge < -0.3 is 19.6 Å². The fourth-order valence-electron chi connectivity index (χ4n) is 10.7. The van der Waals surface area contributed by atoms with Crippen molar-refractivity contribution in [1.29, 1.82) is 0 Å². The summed E-state index contributed by atoms with van der Waals surface area (Å²) in [6.07, 6.45) is 0. The number of hydrogen-bond donors (Lipinski definition) is 0. The van der Waals surface area contributed by atoms with Crippen LogP contribution >= 0.6 is 0 Å². The molecule has 0 N–H and O–H groups in total. The summed E-state index contributed by atoms with van der Waals surface area (Å²) >= 11 is 0. The van der Waals surface area contributed by atoms with Crippen LogP contribution in [0.2, 0.25) is 0 Å². The molecular weight excluding hydrogens is 921 g/mol. The van der Waals surface area contributed by atoms with E-state index in [1.54, 1.807) is 0 Å². The van der Waals surface area contributed by atoms with Crippen LogP contribution in [0, 0.1) is 0 Å². The summed E-state index contributed by atoms with van der Waals surface area (Å²) in [7, 11) is 0. The Balaban J connectivity index is 0.820. The number of para-hydroxylation sites is 5. The van der Waals surface area contributed by atoms with Gasteiger partial charge in [0.2, 0.25) is 0 Å². The highest BCUT2D eigenvalue weighted by Crippen LogP contribution is 2.44. The minimum absolute atomic E-state index is 1.08. The second-order valence-electron chi connectivity index (χ2n) is 19.0. The Kier molecular flexibility index (Phi) is 12.3. The van der Waals surface area contributed by atoms with Crippen LogP contribution in [-0.4, -0.2) is 0 Å². The molecule has 0 bridgehead atoms. The van der Waals surface area contributed by atoms with E-state index in [0.29, 0.717) is 0 Å². The third-order valence-corrected chi connectivity index (χ3v) is 14.3. The van der Waals surface area contributed by atoms with Crippen molar-refractivity contribution in [3.63, 3.8) is 0 Å². The van der Waals surface area contributed by atoms with Crippen LogP contribution in [-0.2, 0) is 0 Å². The summed E-state index contributed by atoms with van der Waals surface area (Å²) in [5.41, 5.74) is 15.6. The van der Waals surface area contributed by atoms with Crippen LogP contribution in [0.4, 0.5) is 68.2 Å². The molecule has 4 nitrogen and oxygen atoms in total. The maximum Gasteiger partial charge on any atom is 0.0540 e. The molecule has 0 aliphatic rings. The van der Waals surface area contributed by atoms with Crippen LogP contribution in [0.25, 0.3) is 43.4 Å². The normalized spacial score (nSPS) is 11.2. The number of nitrogens with zero attached hydrogens (tertiary/aromatic N) is 4. The molecule has 0 radical (unpaired) electrons. The molecule has 0 aliphatic heterocycles. The quantitative estimate of drug-likeness (QED) is 0.114. The zero-order valence-electron chi connectivity index (χ0n) is 41.8. The van der Waals surface area contributed by atoms with Crippen molar-refractivity contribution < 1.29 is 0 Å². The lowest BCUT2D eigenvalue weighted by Crippen LogP contribution is -2.11. The molecule has 0 fully saturated rings. The van der Waals surface area contributed by atoms with Crippen molar-refractivity contribution in [2.24, 2.45) is 0 Å². The summed E-state index contributed by atoms with van der Waals surface area (Å²) in [6.45, 7) is 0. The molecule has 0 heterocycles. The average molecular weight is 973 g/mol. The number of rotatable bonds is 13. The van der Waals surface area contributed by atoms with Crippen molar-refractivity contribution in [3.05, 3.63) is 315 Å². The molecule has 13 aromatic carbocycles. The molecule has 0 aromatic heterocycles. The molecule has 0 aliphatic carbocycles. The van der Waals surface area contributed by atoms with Crippen LogP contribution < -0.4 is 19.6 Å². The molecule has 4 heteroatoms. The predicted octanol–water partition coefficient (Wildman–Crippen LogP) is 20.7. The third-order valence-electron chi connectivity index (χ3n) is 14.3. The van der Waals surface area contributed by atoms with Crippen molar-refractivity contribution >= 4 is 101 Å². The topological polar surface area (TPSA) is 13.0 Å². The highest BCUT2D eigenvalue weighted by molar-refractivity contribution is 6.01. The van der Waals surface area contributed by atoms with E-state index in [0.717, 1.165) is 79.4 Å². The number of hydrogen-bond acceptors (Lipinski definition) is 4. The summed E-state index contributed by atoms with van der Waals surface area (Å²) in [5, 5.41) is 7.08. The zero-order valence-corrected chi connectivity index (χ0v) is 41.8. The highest BCUT2D eigenvalue weighted by Gasteiger charge is 2.20. The van der Waals surface area contributed by atoms with E-state index in [9.17, 15) is 0 Å². The van der Waals surface area contributed by atoms with E-state index in [4.69, 9.17) is 0 Å². The number of benzene rings is 13. The van der Waals surface area contributed by atoms with Crippen LogP contribution in [0.5, 0.6) is 0 Å². The molecule has 0 unspecified atom stereocenters. The minimum atomic E-state index is 1.08. The van der Waals surface area contributed by atoms with E-state index in [1.165, 1.54) is 32.3 Å². The van der Waals surface area contributed by atoms with Gasteiger partial charge in [-0.1, -0.05) is 176 Å². The number of anilines is 12. The molecular formula is C72H52N4.